The smallest absolute Gasteiger partial charge is 0.161 e. The van der Waals surface area contributed by atoms with Crippen molar-refractivity contribution in [1.29, 1.82) is 0 Å². The molecule has 0 bridgehead atoms. The highest BCUT2D eigenvalue weighted by Crippen LogP contribution is 2.35. The van der Waals surface area contributed by atoms with Crippen LogP contribution in [0, 0.1) is 23.7 Å². The van der Waals surface area contributed by atoms with Gasteiger partial charge in [0.2, 0.25) is 0 Å². The van der Waals surface area contributed by atoms with Crippen LogP contribution in [-0.2, 0) is 9.53 Å². The Morgan fingerprint density at radius 1 is 1.16 bits per heavy atom. The third kappa shape index (κ3) is 4.05. The third-order valence-corrected chi connectivity index (χ3v) is 5.21. The van der Waals surface area contributed by atoms with Gasteiger partial charge in [-0.3, -0.25) is 4.79 Å². The van der Waals surface area contributed by atoms with Crippen LogP contribution in [0.4, 0.5) is 0 Å². The summed E-state index contributed by atoms with van der Waals surface area (Å²) in [6.45, 7) is 7.25. The minimum atomic E-state index is 0.304. The van der Waals surface area contributed by atoms with Gasteiger partial charge in [0, 0.05) is 5.92 Å². The van der Waals surface area contributed by atoms with Gasteiger partial charge in [0.1, 0.15) is 6.61 Å². The van der Waals surface area contributed by atoms with Crippen LogP contribution in [0.3, 0.4) is 0 Å². The molecule has 2 fully saturated rings. The van der Waals surface area contributed by atoms with Gasteiger partial charge in [0.15, 0.2) is 5.78 Å². The standard InChI is InChI=1S/C17H30O2/c1-12(2)15-9-8-13(3)10-17(15)19-11-16(18)14-6-4-5-7-14/h12-15,17H,4-11H2,1-3H3. The van der Waals surface area contributed by atoms with Crippen LogP contribution in [0.1, 0.15) is 65.7 Å². The molecule has 2 aliphatic rings. The van der Waals surface area contributed by atoms with E-state index in [9.17, 15) is 4.79 Å². The first-order chi connectivity index (χ1) is 9.08. The highest BCUT2D eigenvalue weighted by molar-refractivity contribution is 5.82. The first-order valence-electron chi connectivity index (χ1n) is 8.22. The molecule has 2 saturated carbocycles. The average molecular weight is 266 g/mol. The minimum absolute atomic E-state index is 0.304. The lowest BCUT2D eigenvalue weighted by molar-refractivity contribution is -0.132. The zero-order chi connectivity index (χ0) is 13.8. The van der Waals surface area contributed by atoms with Crippen molar-refractivity contribution < 1.29 is 9.53 Å². The van der Waals surface area contributed by atoms with E-state index in [2.05, 4.69) is 20.8 Å². The highest BCUT2D eigenvalue weighted by atomic mass is 16.5. The van der Waals surface area contributed by atoms with Gasteiger partial charge in [0.25, 0.3) is 0 Å². The molecule has 0 amide bonds. The van der Waals surface area contributed by atoms with Gasteiger partial charge in [-0.2, -0.15) is 0 Å². The van der Waals surface area contributed by atoms with E-state index in [0.29, 0.717) is 36.2 Å². The summed E-state index contributed by atoms with van der Waals surface area (Å²) in [6.07, 6.45) is 8.68. The molecule has 3 atom stereocenters. The van der Waals surface area contributed by atoms with Gasteiger partial charge in [-0.25, -0.2) is 0 Å². The lowest BCUT2D eigenvalue weighted by atomic mass is 9.75. The molecule has 0 aromatic rings. The molecule has 0 aromatic heterocycles. The number of carbonyl (C=O) groups is 1. The van der Waals surface area contributed by atoms with Gasteiger partial charge in [0.05, 0.1) is 6.10 Å². The lowest BCUT2D eigenvalue weighted by Crippen LogP contribution is -2.36. The number of Topliss-reactive ketones (excluding diaryl/α,β-unsaturated/α-hetero) is 1. The van der Waals surface area contributed by atoms with E-state index in [0.717, 1.165) is 25.2 Å². The normalized spacial score (nSPS) is 32.9. The van der Waals surface area contributed by atoms with Crippen molar-refractivity contribution in [2.45, 2.75) is 71.8 Å². The van der Waals surface area contributed by atoms with Crippen molar-refractivity contribution >= 4 is 5.78 Å². The van der Waals surface area contributed by atoms with Crippen LogP contribution in [0.5, 0.6) is 0 Å². The molecule has 0 spiro atoms. The van der Waals surface area contributed by atoms with Gasteiger partial charge < -0.3 is 4.74 Å². The maximum absolute atomic E-state index is 12.1. The summed E-state index contributed by atoms with van der Waals surface area (Å²) < 4.78 is 6.05. The average Bonchev–Trinajstić information content (AvgIpc) is 2.89. The monoisotopic (exact) mass is 266 g/mol. The Morgan fingerprint density at radius 2 is 1.84 bits per heavy atom. The van der Waals surface area contributed by atoms with E-state index in [-0.39, 0.29) is 0 Å². The number of ether oxygens (including phenoxy) is 1. The Labute approximate surface area is 118 Å². The number of rotatable bonds is 5. The van der Waals surface area contributed by atoms with E-state index in [1.54, 1.807) is 0 Å². The second-order valence-electron chi connectivity index (χ2n) is 7.12. The SMILES string of the molecule is CC1CCC(C(C)C)C(OCC(=O)C2CCCC2)C1. The molecule has 110 valence electrons. The molecule has 0 N–H and O–H groups in total. The molecule has 0 aliphatic heterocycles. The van der Waals surface area contributed by atoms with Gasteiger partial charge in [-0.1, -0.05) is 40.0 Å². The Morgan fingerprint density at radius 3 is 2.47 bits per heavy atom. The number of ketones is 1. The summed E-state index contributed by atoms with van der Waals surface area (Å²) in [4.78, 5) is 12.1. The fourth-order valence-electron chi connectivity index (χ4n) is 3.86. The number of hydrogen-bond acceptors (Lipinski definition) is 2. The van der Waals surface area contributed by atoms with Gasteiger partial charge in [-0.05, 0) is 43.4 Å². The molecule has 0 saturated heterocycles. The van der Waals surface area contributed by atoms with Crippen LogP contribution in [0.2, 0.25) is 0 Å². The van der Waals surface area contributed by atoms with Crippen molar-refractivity contribution in [1.82, 2.24) is 0 Å². The van der Waals surface area contributed by atoms with E-state index in [1.807, 2.05) is 0 Å². The van der Waals surface area contributed by atoms with E-state index < -0.39 is 0 Å². The summed E-state index contributed by atoms with van der Waals surface area (Å²) in [5.74, 6) is 2.73. The zero-order valence-electron chi connectivity index (χ0n) is 12.9. The maximum Gasteiger partial charge on any atom is 0.161 e. The third-order valence-electron chi connectivity index (χ3n) is 5.21. The zero-order valence-corrected chi connectivity index (χ0v) is 12.9. The van der Waals surface area contributed by atoms with Crippen LogP contribution >= 0.6 is 0 Å². The molecule has 3 unspecified atom stereocenters. The topological polar surface area (TPSA) is 26.3 Å². The quantitative estimate of drug-likeness (QED) is 0.744. The van der Waals surface area contributed by atoms with Crippen molar-refractivity contribution in [3.63, 3.8) is 0 Å². The predicted octanol–water partition coefficient (Wildman–Crippen LogP) is 4.22. The Hall–Kier alpha value is -0.370. The Bertz CT molecular complexity index is 292. The number of carbonyl (C=O) groups excluding carboxylic acids is 1. The minimum Gasteiger partial charge on any atom is -0.370 e. The Balaban J connectivity index is 1.82. The van der Waals surface area contributed by atoms with Crippen molar-refractivity contribution in [2.75, 3.05) is 6.61 Å². The molecule has 19 heavy (non-hydrogen) atoms. The van der Waals surface area contributed by atoms with Crippen LogP contribution < -0.4 is 0 Å². The molecule has 0 aromatic carbocycles. The van der Waals surface area contributed by atoms with E-state index >= 15 is 0 Å². The first-order valence-corrected chi connectivity index (χ1v) is 8.22. The summed E-state index contributed by atoms with van der Waals surface area (Å²) in [5, 5.41) is 0. The first kappa shape index (κ1) is 15.0. The second-order valence-corrected chi connectivity index (χ2v) is 7.12. The van der Waals surface area contributed by atoms with Crippen molar-refractivity contribution in [3.05, 3.63) is 0 Å². The van der Waals surface area contributed by atoms with Crippen molar-refractivity contribution in [3.8, 4) is 0 Å². The highest BCUT2D eigenvalue weighted by Gasteiger charge is 2.32. The maximum atomic E-state index is 12.1. The summed E-state index contributed by atoms with van der Waals surface area (Å²) in [7, 11) is 0. The molecule has 0 radical (unpaired) electrons. The number of hydrogen-bond donors (Lipinski definition) is 0. The van der Waals surface area contributed by atoms with Crippen LogP contribution in [0.25, 0.3) is 0 Å². The van der Waals surface area contributed by atoms with Crippen molar-refractivity contribution in [2.24, 2.45) is 23.7 Å². The lowest BCUT2D eigenvalue weighted by Gasteiger charge is -2.37. The fourth-order valence-corrected chi connectivity index (χ4v) is 3.86. The molecular weight excluding hydrogens is 236 g/mol. The molecule has 0 heterocycles. The summed E-state index contributed by atoms with van der Waals surface area (Å²) in [5.41, 5.74) is 0. The molecule has 2 nitrogen and oxygen atoms in total. The molecule has 2 rings (SSSR count). The fraction of sp³-hybridized carbons (Fsp3) is 0.941. The largest absolute Gasteiger partial charge is 0.370 e. The summed E-state index contributed by atoms with van der Waals surface area (Å²) in [6, 6.07) is 0. The van der Waals surface area contributed by atoms with E-state index in [4.69, 9.17) is 4.74 Å². The Kier molecular flexibility index (Phi) is 5.44. The molecule has 2 aliphatic carbocycles. The van der Waals surface area contributed by atoms with E-state index in [1.165, 1.54) is 25.7 Å². The van der Waals surface area contributed by atoms with Gasteiger partial charge in [-0.15, -0.1) is 0 Å². The second kappa shape index (κ2) is 6.88. The molecular formula is C17H30O2. The van der Waals surface area contributed by atoms with Crippen LogP contribution in [-0.4, -0.2) is 18.5 Å². The van der Waals surface area contributed by atoms with Crippen LogP contribution in [0.15, 0.2) is 0 Å². The predicted molar refractivity (Wildman–Crippen MR) is 78.0 cm³/mol. The molecule has 2 heteroatoms. The summed E-state index contributed by atoms with van der Waals surface area (Å²) >= 11 is 0. The van der Waals surface area contributed by atoms with Gasteiger partial charge >= 0.3 is 0 Å².